The van der Waals surface area contributed by atoms with E-state index in [2.05, 4.69) is 10.2 Å². The predicted octanol–water partition coefficient (Wildman–Crippen LogP) is 3.75. The van der Waals surface area contributed by atoms with Crippen LogP contribution in [0.4, 0.5) is 15.3 Å². The van der Waals surface area contributed by atoms with Crippen LogP contribution in [0.2, 0.25) is 0 Å². The van der Waals surface area contributed by atoms with Gasteiger partial charge in [-0.25, -0.2) is 14.5 Å². The molecule has 170 valence electrons. The Bertz CT molecular complexity index is 809. The molecule has 0 radical (unpaired) electrons. The molecule has 3 aliphatic rings. The lowest BCUT2D eigenvalue weighted by atomic mass is 9.84. The smallest absolute Gasteiger partial charge is 0.450 e. The Hall–Kier alpha value is -2.61. The van der Waals surface area contributed by atoms with E-state index < -0.39 is 11.6 Å². The number of nitrogens with one attached hydrogen (secondary N) is 1. The fourth-order valence-electron chi connectivity index (χ4n) is 4.63. The van der Waals surface area contributed by atoms with Gasteiger partial charge in [0.1, 0.15) is 0 Å². The summed E-state index contributed by atoms with van der Waals surface area (Å²) in [6.45, 7) is 7.96. The third kappa shape index (κ3) is 5.36. The van der Waals surface area contributed by atoms with Gasteiger partial charge in [-0.2, -0.15) is 0 Å². The first kappa shape index (κ1) is 23.1. The summed E-state index contributed by atoms with van der Waals surface area (Å²) in [7, 11) is 0. The summed E-state index contributed by atoms with van der Waals surface area (Å²) < 4.78 is 0. The number of piperidine rings is 1. The molecule has 0 aromatic heterocycles. The monoisotopic (exact) mass is 431 g/mol. The van der Waals surface area contributed by atoms with Gasteiger partial charge in [0.15, 0.2) is 0 Å². The number of imide groups is 1. The predicted molar refractivity (Wildman–Crippen MR) is 118 cm³/mol. The number of urea groups is 1. The molecule has 1 saturated carbocycles. The highest BCUT2D eigenvalue weighted by atomic mass is 16.6. The Morgan fingerprint density at radius 2 is 1.68 bits per heavy atom. The molecule has 8 heteroatoms. The van der Waals surface area contributed by atoms with Crippen molar-refractivity contribution in [3.05, 3.63) is 29.8 Å². The lowest BCUT2D eigenvalue weighted by Crippen LogP contribution is -2.48. The molecule has 4 rings (SSSR count). The van der Waals surface area contributed by atoms with Crippen LogP contribution in [0.3, 0.4) is 0 Å². The standard InChI is InChI=1S/C22H31N3O2.CH2O3/c1-22(2)18-8-3-4-9-19(18)25(20(22)26)21(27)23-14-16-10-12-24(13-11-16)15-17-6-5-7-17;2-1(3)4/h3-4,8-9,16-17H,5-7,10-15H2,1-2H3,(H,23,27);(H2,2,3,4). The molecule has 2 heterocycles. The summed E-state index contributed by atoms with van der Waals surface area (Å²) in [6.07, 6.45) is 4.63. The average molecular weight is 432 g/mol. The zero-order valence-electron chi connectivity index (χ0n) is 18.3. The maximum absolute atomic E-state index is 12.8. The molecule has 1 aromatic carbocycles. The zero-order valence-corrected chi connectivity index (χ0v) is 18.3. The number of hydrogen-bond acceptors (Lipinski definition) is 4. The SMILES string of the molecule is CC1(C)C(=O)N(C(=O)NCC2CCN(CC3CCC3)CC2)c2ccccc21.O=C(O)O. The molecule has 31 heavy (non-hydrogen) atoms. The Balaban J connectivity index is 0.000000628. The maximum Gasteiger partial charge on any atom is 0.503 e. The number of anilines is 1. The first-order chi connectivity index (χ1) is 14.7. The third-order valence-corrected chi connectivity index (χ3v) is 6.75. The van der Waals surface area contributed by atoms with Gasteiger partial charge < -0.3 is 20.4 Å². The van der Waals surface area contributed by atoms with E-state index in [9.17, 15) is 9.59 Å². The molecule has 0 bridgehead atoms. The minimum absolute atomic E-state index is 0.142. The Kier molecular flexibility index (Phi) is 7.20. The number of carboxylic acid groups (broad SMARTS) is 2. The molecule has 1 saturated heterocycles. The van der Waals surface area contributed by atoms with E-state index in [0.717, 1.165) is 43.1 Å². The van der Waals surface area contributed by atoms with Gasteiger partial charge in [-0.05, 0) is 76.1 Å². The Morgan fingerprint density at radius 1 is 1.06 bits per heavy atom. The van der Waals surface area contributed by atoms with Crippen molar-refractivity contribution in [1.29, 1.82) is 0 Å². The Labute approximate surface area is 183 Å². The first-order valence-corrected chi connectivity index (χ1v) is 11.1. The van der Waals surface area contributed by atoms with Crippen molar-refractivity contribution in [2.45, 2.75) is 51.4 Å². The number of carbonyl (C=O) groups is 3. The summed E-state index contributed by atoms with van der Waals surface area (Å²) in [5, 5.41) is 17.0. The molecule has 3 amide bonds. The van der Waals surface area contributed by atoms with Crippen LogP contribution in [-0.2, 0) is 10.2 Å². The van der Waals surface area contributed by atoms with E-state index >= 15 is 0 Å². The first-order valence-electron chi connectivity index (χ1n) is 11.1. The zero-order chi connectivity index (χ0) is 22.6. The van der Waals surface area contributed by atoms with Gasteiger partial charge in [-0.1, -0.05) is 24.6 Å². The van der Waals surface area contributed by atoms with E-state index in [1.165, 1.54) is 30.7 Å². The van der Waals surface area contributed by atoms with Crippen LogP contribution < -0.4 is 10.2 Å². The molecule has 3 N–H and O–H groups in total. The number of rotatable bonds is 4. The minimum Gasteiger partial charge on any atom is -0.450 e. The summed E-state index contributed by atoms with van der Waals surface area (Å²) >= 11 is 0. The van der Waals surface area contributed by atoms with Crippen molar-refractivity contribution in [2.24, 2.45) is 11.8 Å². The lowest BCUT2D eigenvalue weighted by Gasteiger charge is -2.37. The maximum atomic E-state index is 12.8. The van der Waals surface area contributed by atoms with Gasteiger partial charge in [0, 0.05) is 13.1 Å². The molecule has 0 atom stereocenters. The largest absolute Gasteiger partial charge is 0.503 e. The normalized spacial score (nSPS) is 21.0. The molecule has 0 spiro atoms. The van der Waals surface area contributed by atoms with Crippen molar-refractivity contribution in [3.8, 4) is 0 Å². The number of benzene rings is 1. The van der Waals surface area contributed by atoms with Gasteiger partial charge in [0.2, 0.25) is 5.91 Å². The second-order valence-electron chi connectivity index (χ2n) is 9.29. The highest BCUT2D eigenvalue weighted by Gasteiger charge is 2.46. The summed E-state index contributed by atoms with van der Waals surface area (Å²) in [5.41, 5.74) is 0.996. The summed E-state index contributed by atoms with van der Waals surface area (Å²) in [6, 6.07) is 7.33. The van der Waals surface area contributed by atoms with E-state index in [-0.39, 0.29) is 11.9 Å². The van der Waals surface area contributed by atoms with Crippen LogP contribution in [0.5, 0.6) is 0 Å². The van der Waals surface area contributed by atoms with Crippen LogP contribution in [0.1, 0.15) is 51.5 Å². The second kappa shape index (κ2) is 9.68. The second-order valence-corrected chi connectivity index (χ2v) is 9.29. The van der Waals surface area contributed by atoms with Gasteiger partial charge in [0.05, 0.1) is 11.1 Å². The van der Waals surface area contributed by atoms with E-state index in [1.54, 1.807) is 0 Å². The van der Waals surface area contributed by atoms with Crippen molar-refractivity contribution in [2.75, 3.05) is 31.1 Å². The van der Waals surface area contributed by atoms with Crippen molar-refractivity contribution < 1.29 is 24.6 Å². The molecular formula is C23H33N3O5. The topological polar surface area (TPSA) is 110 Å². The highest BCUT2D eigenvalue weighted by molar-refractivity contribution is 6.22. The minimum atomic E-state index is -1.83. The number of hydrogen-bond donors (Lipinski definition) is 3. The fraction of sp³-hybridized carbons (Fsp3) is 0.609. The quantitative estimate of drug-likeness (QED) is 0.670. The van der Waals surface area contributed by atoms with E-state index in [1.807, 2.05) is 38.1 Å². The van der Waals surface area contributed by atoms with Crippen molar-refractivity contribution >= 4 is 23.8 Å². The highest BCUT2D eigenvalue weighted by Crippen LogP contribution is 2.41. The number of para-hydroxylation sites is 1. The van der Waals surface area contributed by atoms with Crippen LogP contribution in [0.25, 0.3) is 0 Å². The Morgan fingerprint density at radius 3 is 2.26 bits per heavy atom. The van der Waals surface area contributed by atoms with Crippen molar-refractivity contribution in [3.63, 3.8) is 0 Å². The molecule has 2 fully saturated rings. The molecule has 0 unspecified atom stereocenters. The number of nitrogens with zero attached hydrogens (tertiary/aromatic N) is 2. The molecule has 1 aliphatic carbocycles. The summed E-state index contributed by atoms with van der Waals surface area (Å²) in [5.74, 6) is 1.29. The summed E-state index contributed by atoms with van der Waals surface area (Å²) in [4.78, 5) is 38.1. The van der Waals surface area contributed by atoms with Gasteiger partial charge in [-0.15, -0.1) is 0 Å². The number of amides is 3. The van der Waals surface area contributed by atoms with E-state index in [0.29, 0.717) is 12.5 Å². The average Bonchev–Trinajstić information content (AvgIpc) is 2.90. The number of carbonyl (C=O) groups excluding carboxylic acids is 2. The van der Waals surface area contributed by atoms with Gasteiger partial charge in [0.25, 0.3) is 0 Å². The third-order valence-electron chi connectivity index (χ3n) is 6.75. The van der Waals surface area contributed by atoms with Crippen molar-refractivity contribution in [1.82, 2.24) is 10.2 Å². The van der Waals surface area contributed by atoms with Crippen LogP contribution in [-0.4, -0.2) is 59.4 Å². The molecule has 1 aromatic rings. The van der Waals surface area contributed by atoms with E-state index in [4.69, 9.17) is 15.0 Å². The van der Waals surface area contributed by atoms with Crippen LogP contribution in [0, 0.1) is 11.8 Å². The number of fused-ring (bicyclic) bond motifs is 1. The van der Waals surface area contributed by atoms with Crippen LogP contribution >= 0.6 is 0 Å². The molecular weight excluding hydrogens is 398 g/mol. The van der Waals surface area contributed by atoms with Gasteiger partial charge in [-0.3, -0.25) is 4.79 Å². The fourth-order valence-corrected chi connectivity index (χ4v) is 4.63. The molecule has 8 nitrogen and oxygen atoms in total. The molecule has 2 aliphatic heterocycles. The lowest BCUT2D eigenvalue weighted by molar-refractivity contribution is -0.121. The number of likely N-dealkylation sites (tertiary alicyclic amines) is 1. The van der Waals surface area contributed by atoms with Gasteiger partial charge >= 0.3 is 12.2 Å². The van der Waals surface area contributed by atoms with Crippen LogP contribution in [0.15, 0.2) is 24.3 Å².